The molecule has 0 aromatic heterocycles. The van der Waals surface area contributed by atoms with Crippen LogP contribution in [-0.4, -0.2) is 34.3 Å². The van der Waals surface area contributed by atoms with Gasteiger partial charge in [0.1, 0.15) is 11.5 Å². The predicted octanol–water partition coefficient (Wildman–Crippen LogP) is 4.11. The van der Waals surface area contributed by atoms with E-state index in [1.54, 1.807) is 37.2 Å². The van der Waals surface area contributed by atoms with E-state index in [1.165, 1.54) is 26.4 Å². The molecule has 9 heteroatoms. The van der Waals surface area contributed by atoms with Crippen LogP contribution in [0.25, 0.3) is 0 Å². The van der Waals surface area contributed by atoms with Crippen molar-refractivity contribution < 1.29 is 27.4 Å². The first kappa shape index (κ1) is 21.2. The molecule has 0 atom stereocenters. The molecule has 28 heavy (non-hydrogen) atoms. The van der Waals surface area contributed by atoms with Crippen molar-refractivity contribution in [2.75, 3.05) is 38.5 Å². The summed E-state index contributed by atoms with van der Waals surface area (Å²) in [5, 5.41) is 4.79. The number of hydrogen-bond donors (Lipinski definition) is 2. The fraction of sp³-hybridized carbons (Fsp3) is 0.316. The van der Waals surface area contributed by atoms with Crippen molar-refractivity contribution >= 4 is 17.4 Å². The Bertz CT molecular complexity index is 817. The molecule has 0 unspecified atom stereocenters. The smallest absolute Gasteiger partial charge is 0.418 e. The minimum Gasteiger partial charge on any atom is -0.497 e. The minimum absolute atomic E-state index is 0.0799. The number of alkyl halides is 3. The molecule has 0 aliphatic carbocycles. The van der Waals surface area contributed by atoms with Gasteiger partial charge in [-0.05, 0) is 35.9 Å². The highest BCUT2D eigenvalue weighted by Gasteiger charge is 2.34. The van der Waals surface area contributed by atoms with Gasteiger partial charge in [0.15, 0.2) is 0 Å². The van der Waals surface area contributed by atoms with Gasteiger partial charge >= 0.3 is 12.2 Å². The monoisotopic (exact) mass is 397 g/mol. The lowest BCUT2D eigenvalue weighted by Gasteiger charge is -2.19. The van der Waals surface area contributed by atoms with Crippen LogP contribution in [0, 0.1) is 0 Å². The second-order valence-electron chi connectivity index (χ2n) is 6.15. The summed E-state index contributed by atoms with van der Waals surface area (Å²) in [6, 6.07) is 8.01. The zero-order chi connectivity index (χ0) is 20.9. The van der Waals surface area contributed by atoms with Crippen molar-refractivity contribution in [1.29, 1.82) is 0 Å². The first-order valence-corrected chi connectivity index (χ1v) is 8.29. The van der Waals surface area contributed by atoms with Crippen molar-refractivity contribution in [2.45, 2.75) is 12.7 Å². The molecule has 0 spiro atoms. The van der Waals surface area contributed by atoms with E-state index in [-0.39, 0.29) is 12.2 Å². The molecule has 0 saturated carbocycles. The number of halogens is 3. The molecular weight excluding hydrogens is 375 g/mol. The lowest BCUT2D eigenvalue weighted by atomic mass is 10.1. The molecule has 0 aliphatic rings. The predicted molar refractivity (Wildman–Crippen MR) is 101 cm³/mol. The molecule has 2 aromatic rings. The van der Waals surface area contributed by atoms with Crippen LogP contribution in [0.15, 0.2) is 36.4 Å². The van der Waals surface area contributed by atoms with Gasteiger partial charge in [-0.15, -0.1) is 0 Å². The van der Waals surface area contributed by atoms with Crippen LogP contribution >= 0.6 is 0 Å². The number of methoxy groups -OCH3 is 2. The summed E-state index contributed by atoms with van der Waals surface area (Å²) in [6.45, 7) is 0.0799. The molecule has 152 valence electrons. The third-order valence-electron chi connectivity index (χ3n) is 3.94. The van der Waals surface area contributed by atoms with Gasteiger partial charge in [0.2, 0.25) is 0 Å². The summed E-state index contributed by atoms with van der Waals surface area (Å²) >= 11 is 0. The lowest BCUT2D eigenvalue weighted by Crippen LogP contribution is -2.29. The van der Waals surface area contributed by atoms with Gasteiger partial charge in [-0.1, -0.05) is 0 Å². The Balaban J connectivity index is 2.13. The van der Waals surface area contributed by atoms with Gasteiger partial charge in [0.05, 0.1) is 25.5 Å². The van der Waals surface area contributed by atoms with Crippen LogP contribution in [0.2, 0.25) is 0 Å². The summed E-state index contributed by atoms with van der Waals surface area (Å²) in [5.41, 5.74) is -0.192. The van der Waals surface area contributed by atoms with Gasteiger partial charge in [-0.25, -0.2) is 4.79 Å². The molecule has 0 aliphatic heterocycles. The summed E-state index contributed by atoms with van der Waals surface area (Å²) in [5.74, 6) is 1.07. The van der Waals surface area contributed by atoms with Crippen LogP contribution in [-0.2, 0) is 12.7 Å². The van der Waals surface area contributed by atoms with E-state index >= 15 is 0 Å². The molecule has 0 fully saturated rings. The van der Waals surface area contributed by atoms with Gasteiger partial charge in [0, 0.05) is 32.4 Å². The molecule has 2 amide bonds. The number of amides is 2. The number of rotatable bonds is 6. The third kappa shape index (κ3) is 5.45. The number of benzene rings is 2. The third-order valence-corrected chi connectivity index (χ3v) is 3.94. The second-order valence-corrected chi connectivity index (χ2v) is 6.15. The number of ether oxygens (including phenoxy) is 2. The maximum atomic E-state index is 13.3. The Morgan fingerprint density at radius 2 is 1.64 bits per heavy atom. The Labute approximate surface area is 161 Å². The molecule has 6 nitrogen and oxygen atoms in total. The van der Waals surface area contributed by atoms with E-state index in [0.29, 0.717) is 22.7 Å². The Morgan fingerprint density at radius 3 is 2.14 bits per heavy atom. The molecule has 0 heterocycles. The average Bonchev–Trinajstić information content (AvgIpc) is 2.65. The topological polar surface area (TPSA) is 62.8 Å². The highest BCUT2D eigenvalue weighted by atomic mass is 19.4. The van der Waals surface area contributed by atoms with Gasteiger partial charge < -0.3 is 25.0 Å². The average molecular weight is 397 g/mol. The van der Waals surface area contributed by atoms with Crippen LogP contribution in [0.1, 0.15) is 11.1 Å². The van der Waals surface area contributed by atoms with Crippen LogP contribution < -0.4 is 25.0 Å². The van der Waals surface area contributed by atoms with Crippen LogP contribution in [0.4, 0.5) is 29.3 Å². The maximum absolute atomic E-state index is 13.3. The van der Waals surface area contributed by atoms with Gasteiger partial charge in [-0.3, -0.25) is 0 Å². The number of anilines is 2. The zero-order valence-electron chi connectivity index (χ0n) is 16.0. The molecule has 2 aromatic carbocycles. The number of carbonyl (C=O) groups is 1. The van der Waals surface area contributed by atoms with Crippen molar-refractivity contribution in [2.24, 2.45) is 0 Å². The molecule has 0 radical (unpaired) electrons. The minimum atomic E-state index is -4.60. The summed E-state index contributed by atoms with van der Waals surface area (Å²) in [6.07, 6.45) is -4.60. The first-order valence-electron chi connectivity index (χ1n) is 8.29. The van der Waals surface area contributed by atoms with Crippen molar-refractivity contribution in [3.63, 3.8) is 0 Å². The Kier molecular flexibility index (Phi) is 6.61. The fourth-order valence-electron chi connectivity index (χ4n) is 2.47. The van der Waals surface area contributed by atoms with E-state index < -0.39 is 17.8 Å². The number of nitrogens with zero attached hydrogens (tertiary/aromatic N) is 1. The maximum Gasteiger partial charge on any atom is 0.418 e. The number of urea groups is 1. The second kappa shape index (κ2) is 8.73. The fourth-order valence-corrected chi connectivity index (χ4v) is 2.47. The van der Waals surface area contributed by atoms with E-state index in [2.05, 4.69) is 10.6 Å². The number of hydrogen-bond acceptors (Lipinski definition) is 4. The lowest BCUT2D eigenvalue weighted by molar-refractivity contribution is -0.136. The number of nitrogens with one attached hydrogen (secondary N) is 2. The first-order chi connectivity index (χ1) is 13.1. The summed E-state index contributed by atoms with van der Waals surface area (Å²) in [7, 11) is 6.26. The summed E-state index contributed by atoms with van der Waals surface area (Å²) < 4.78 is 50.3. The van der Waals surface area contributed by atoms with Crippen LogP contribution in [0.5, 0.6) is 11.5 Å². The molecule has 2 N–H and O–H groups in total. The molecule has 0 bridgehead atoms. The molecule has 2 rings (SSSR count). The van der Waals surface area contributed by atoms with E-state index in [1.807, 2.05) is 0 Å². The molecular formula is C19H22F3N3O3. The zero-order valence-corrected chi connectivity index (χ0v) is 16.0. The normalized spacial score (nSPS) is 11.0. The van der Waals surface area contributed by atoms with E-state index in [0.717, 1.165) is 6.07 Å². The van der Waals surface area contributed by atoms with E-state index in [9.17, 15) is 18.0 Å². The molecule has 0 saturated heterocycles. The van der Waals surface area contributed by atoms with Crippen molar-refractivity contribution in [3.8, 4) is 11.5 Å². The van der Waals surface area contributed by atoms with Gasteiger partial charge in [-0.2, -0.15) is 13.2 Å². The van der Waals surface area contributed by atoms with Crippen LogP contribution in [0.3, 0.4) is 0 Å². The van der Waals surface area contributed by atoms with Gasteiger partial charge in [0.25, 0.3) is 0 Å². The highest BCUT2D eigenvalue weighted by Crippen LogP contribution is 2.37. The highest BCUT2D eigenvalue weighted by molar-refractivity contribution is 5.90. The quantitative estimate of drug-likeness (QED) is 0.770. The Hall–Kier alpha value is -3.10. The summed E-state index contributed by atoms with van der Waals surface area (Å²) in [4.78, 5) is 13.7. The largest absolute Gasteiger partial charge is 0.497 e. The van der Waals surface area contributed by atoms with Crippen molar-refractivity contribution in [1.82, 2.24) is 5.32 Å². The van der Waals surface area contributed by atoms with Crippen molar-refractivity contribution in [3.05, 3.63) is 47.5 Å². The Morgan fingerprint density at radius 1 is 1.04 bits per heavy atom. The SMILES string of the molecule is COc1cc(CNC(=O)Nc2ccc(N(C)C)cc2C(F)(F)F)cc(OC)c1. The number of carbonyl (C=O) groups excluding carboxylic acids is 1. The van der Waals surface area contributed by atoms with E-state index in [4.69, 9.17) is 9.47 Å². The standard InChI is InChI=1S/C19H22F3N3O3/c1-25(2)13-5-6-17(16(9-13)19(20,21)22)24-18(26)23-11-12-7-14(27-3)10-15(8-12)28-4/h5-10H,11H2,1-4H3,(H2,23,24,26).